The van der Waals surface area contributed by atoms with Gasteiger partial charge in [-0.25, -0.2) is 0 Å². The normalized spacial score (nSPS) is 25.4. The van der Waals surface area contributed by atoms with Crippen LogP contribution in [0.5, 0.6) is 0 Å². The predicted molar refractivity (Wildman–Crippen MR) is 74.4 cm³/mol. The van der Waals surface area contributed by atoms with Gasteiger partial charge in [0.2, 0.25) is 5.91 Å². The fourth-order valence-corrected chi connectivity index (χ4v) is 4.38. The zero-order valence-electron chi connectivity index (χ0n) is 9.56. The van der Waals surface area contributed by atoms with Crippen molar-refractivity contribution in [3.63, 3.8) is 0 Å². The lowest BCUT2D eigenvalue weighted by atomic mass is 10.4. The Morgan fingerprint density at radius 2 is 1.88 bits per heavy atom. The molecule has 0 unspecified atom stereocenters. The lowest BCUT2D eigenvalue weighted by Gasteiger charge is -2.15. The standard InChI is InChI=1S/C10H12N2O2S3/c1-3-11-6(13)5-16-9(11)7-8(14)12(4-2)10(15)17-7/h3-5H2,1-2H3/b9-7+. The van der Waals surface area contributed by atoms with Crippen LogP contribution in [0.4, 0.5) is 0 Å². The van der Waals surface area contributed by atoms with Gasteiger partial charge < -0.3 is 4.90 Å². The Morgan fingerprint density at radius 3 is 2.41 bits per heavy atom. The van der Waals surface area contributed by atoms with Crippen LogP contribution < -0.4 is 0 Å². The molecule has 4 nitrogen and oxygen atoms in total. The van der Waals surface area contributed by atoms with Crippen LogP contribution in [-0.2, 0) is 9.59 Å². The Hall–Kier alpha value is -0.530. The Balaban J connectivity index is 2.37. The van der Waals surface area contributed by atoms with Crippen LogP contribution in [-0.4, -0.2) is 44.8 Å². The molecule has 2 heterocycles. The molecule has 0 aromatic rings. The zero-order valence-corrected chi connectivity index (χ0v) is 12.0. The highest BCUT2D eigenvalue weighted by Gasteiger charge is 2.38. The summed E-state index contributed by atoms with van der Waals surface area (Å²) in [6, 6.07) is 0. The maximum Gasteiger partial charge on any atom is 0.268 e. The predicted octanol–water partition coefficient (Wildman–Crippen LogP) is 1.63. The Bertz CT molecular complexity index is 433. The summed E-state index contributed by atoms with van der Waals surface area (Å²) in [5.41, 5.74) is 0. The van der Waals surface area contributed by atoms with Crippen LogP contribution in [0.1, 0.15) is 13.8 Å². The second-order valence-corrected chi connectivity index (χ2v) is 6.09. The molecule has 0 N–H and O–H groups in total. The maximum absolute atomic E-state index is 12.1. The number of amides is 2. The third-order valence-electron chi connectivity index (χ3n) is 2.55. The summed E-state index contributed by atoms with van der Waals surface area (Å²) in [7, 11) is 0. The van der Waals surface area contributed by atoms with Gasteiger partial charge in [0.05, 0.1) is 10.8 Å². The van der Waals surface area contributed by atoms with E-state index in [2.05, 4.69) is 0 Å². The van der Waals surface area contributed by atoms with Crippen LogP contribution in [0, 0.1) is 0 Å². The topological polar surface area (TPSA) is 40.6 Å². The van der Waals surface area contributed by atoms with Crippen LogP contribution in [0.25, 0.3) is 0 Å². The third-order valence-corrected chi connectivity index (χ3v) is 5.21. The number of hydrogen-bond donors (Lipinski definition) is 0. The second-order valence-electron chi connectivity index (χ2n) is 3.48. The summed E-state index contributed by atoms with van der Waals surface area (Å²) in [5.74, 6) is 0.409. The van der Waals surface area contributed by atoms with Crippen molar-refractivity contribution in [2.75, 3.05) is 18.8 Å². The lowest BCUT2D eigenvalue weighted by molar-refractivity contribution is -0.125. The number of thioether (sulfide) groups is 2. The maximum atomic E-state index is 12.1. The van der Waals surface area contributed by atoms with Gasteiger partial charge in [-0.05, 0) is 13.8 Å². The minimum Gasteiger partial charge on any atom is -0.305 e. The van der Waals surface area contributed by atoms with E-state index in [1.54, 1.807) is 9.80 Å². The van der Waals surface area contributed by atoms with Gasteiger partial charge >= 0.3 is 0 Å². The molecule has 2 fully saturated rings. The molecule has 17 heavy (non-hydrogen) atoms. The molecule has 0 saturated carbocycles. The number of likely N-dealkylation sites (N-methyl/N-ethyl adjacent to an activating group) is 1. The molecule has 2 amide bonds. The number of carbonyl (C=O) groups is 2. The van der Waals surface area contributed by atoms with E-state index in [9.17, 15) is 9.59 Å². The molecule has 2 aliphatic heterocycles. The smallest absolute Gasteiger partial charge is 0.268 e. The van der Waals surface area contributed by atoms with Crippen molar-refractivity contribution < 1.29 is 9.59 Å². The van der Waals surface area contributed by atoms with Gasteiger partial charge in [0.25, 0.3) is 5.91 Å². The van der Waals surface area contributed by atoms with Gasteiger partial charge in [-0.15, -0.1) is 0 Å². The first kappa shape index (κ1) is 12.9. The minimum atomic E-state index is -0.0712. The monoisotopic (exact) mass is 288 g/mol. The molecule has 92 valence electrons. The molecular weight excluding hydrogens is 276 g/mol. The van der Waals surface area contributed by atoms with Crippen molar-refractivity contribution in [1.29, 1.82) is 0 Å². The van der Waals surface area contributed by atoms with E-state index in [4.69, 9.17) is 12.2 Å². The van der Waals surface area contributed by atoms with E-state index in [0.717, 1.165) is 5.03 Å². The average molecular weight is 288 g/mol. The van der Waals surface area contributed by atoms with E-state index in [-0.39, 0.29) is 11.8 Å². The van der Waals surface area contributed by atoms with E-state index in [1.807, 2.05) is 13.8 Å². The Morgan fingerprint density at radius 1 is 1.24 bits per heavy atom. The molecule has 2 saturated heterocycles. The summed E-state index contributed by atoms with van der Waals surface area (Å²) in [6.07, 6.45) is 0. The Kier molecular flexibility index (Phi) is 3.79. The molecule has 0 spiro atoms. The van der Waals surface area contributed by atoms with E-state index in [1.165, 1.54) is 23.5 Å². The first-order valence-corrected chi connectivity index (χ1v) is 7.52. The number of thiocarbonyl (C=S) groups is 1. The molecule has 0 bridgehead atoms. The largest absolute Gasteiger partial charge is 0.305 e. The molecular formula is C10H12N2O2S3. The average Bonchev–Trinajstić information content (AvgIpc) is 2.79. The van der Waals surface area contributed by atoms with Crippen LogP contribution >= 0.6 is 35.7 Å². The van der Waals surface area contributed by atoms with E-state index < -0.39 is 0 Å². The summed E-state index contributed by atoms with van der Waals surface area (Å²) >= 11 is 7.88. The number of rotatable bonds is 2. The van der Waals surface area contributed by atoms with Crippen LogP contribution in [0.2, 0.25) is 0 Å². The van der Waals surface area contributed by atoms with Gasteiger partial charge in [0, 0.05) is 13.1 Å². The molecule has 7 heteroatoms. The minimum absolute atomic E-state index is 0.0641. The van der Waals surface area contributed by atoms with Gasteiger partial charge in [0.15, 0.2) is 0 Å². The fourth-order valence-electron chi connectivity index (χ4n) is 1.71. The zero-order chi connectivity index (χ0) is 12.6. The van der Waals surface area contributed by atoms with E-state index >= 15 is 0 Å². The Labute approximate surface area is 114 Å². The third kappa shape index (κ3) is 2.11. The number of nitrogens with zero attached hydrogens (tertiary/aromatic N) is 2. The van der Waals surface area contributed by atoms with Crippen LogP contribution in [0.3, 0.4) is 0 Å². The van der Waals surface area contributed by atoms with Crippen molar-refractivity contribution >= 4 is 51.9 Å². The molecule has 0 aliphatic carbocycles. The lowest BCUT2D eigenvalue weighted by Crippen LogP contribution is -2.29. The van der Waals surface area contributed by atoms with Gasteiger partial charge in [-0.3, -0.25) is 14.5 Å². The SMILES string of the molecule is CCN1C(=O)/C(=C2\SCC(=O)N2CC)SC1=S. The highest BCUT2D eigenvalue weighted by molar-refractivity contribution is 8.27. The van der Waals surface area contributed by atoms with Crippen molar-refractivity contribution in [1.82, 2.24) is 9.80 Å². The second kappa shape index (κ2) is 4.99. The summed E-state index contributed by atoms with van der Waals surface area (Å²) in [6.45, 7) is 4.97. The van der Waals surface area contributed by atoms with E-state index in [0.29, 0.717) is 28.1 Å². The number of hydrogen-bond acceptors (Lipinski definition) is 5. The van der Waals surface area contributed by atoms with Gasteiger partial charge in [-0.2, -0.15) is 0 Å². The quantitative estimate of drug-likeness (QED) is 0.570. The molecule has 2 rings (SSSR count). The molecule has 0 aromatic heterocycles. The molecule has 0 aromatic carbocycles. The molecule has 0 atom stereocenters. The summed E-state index contributed by atoms with van der Waals surface area (Å²) < 4.78 is 0.580. The molecule has 2 aliphatic rings. The van der Waals surface area contributed by atoms with Crippen molar-refractivity contribution in [3.05, 3.63) is 9.93 Å². The van der Waals surface area contributed by atoms with Crippen molar-refractivity contribution in [2.24, 2.45) is 0 Å². The van der Waals surface area contributed by atoms with Gasteiger partial charge in [-0.1, -0.05) is 35.7 Å². The van der Waals surface area contributed by atoms with Crippen molar-refractivity contribution in [2.45, 2.75) is 13.8 Å². The molecule has 0 radical (unpaired) electrons. The van der Waals surface area contributed by atoms with Gasteiger partial charge in [0.1, 0.15) is 9.23 Å². The summed E-state index contributed by atoms with van der Waals surface area (Å²) in [4.78, 5) is 27.6. The van der Waals surface area contributed by atoms with Crippen molar-refractivity contribution in [3.8, 4) is 0 Å². The first-order valence-electron chi connectivity index (χ1n) is 5.31. The highest BCUT2D eigenvalue weighted by Crippen LogP contribution is 2.41. The highest BCUT2D eigenvalue weighted by atomic mass is 32.2. The first-order chi connectivity index (χ1) is 8.10. The fraction of sp³-hybridized carbons (Fsp3) is 0.500. The summed E-state index contributed by atoms with van der Waals surface area (Å²) in [5, 5.41) is 0.769. The number of carbonyl (C=O) groups excluding carboxylic acids is 2. The van der Waals surface area contributed by atoms with Crippen LogP contribution in [0.15, 0.2) is 9.93 Å².